The van der Waals surface area contributed by atoms with Crippen molar-refractivity contribution < 1.29 is 14.6 Å². The molecule has 2 heterocycles. The highest BCUT2D eigenvalue weighted by molar-refractivity contribution is 7.99. The van der Waals surface area contributed by atoms with Crippen LogP contribution in [0.5, 0.6) is 5.75 Å². The number of carbonyl (C=O) groups excluding carboxylic acids is 1. The first-order valence-corrected chi connectivity index (χ1v) is 13.7. The third-order valence-electron chi connectivity index (χ3n) is 6.65. The molecular formula is C31H25N5O3S. The second kappa shape index (κ2) is 11.1. The van der Waals surface area contributed by atoms with Crippen molar-refractivity contribution in [1.29, 1.82) is 0 Å². The SMILES string of the molecule is COC(=O)c1cn(CCSc2nnc(-c3cccc4ccccc34)n2/N=C/c2ccccc2O)c2ccccc12. The largest absolute Gasteiger partial charge is 0.507 e. The van der Waals surface area contributed by atoms with Gasteiger partial charge in [0.25, 0.3) is 0 Å². The lowest BCUT2D eigenvalue weighted by atomic mass is 10.0. The van der Waals surface area contributed by atoms with Gasteiger partial charge in [-0.3, -0.25) is 0 Å². The van der Waals surface area contributed by atoms with Crippen LogP contribution in [0, 0.1) is 0 Å². The van der Waals surface area contributed by atoms with Crippen LogP contribution in [0.1, 0.15) is 15.9 Å². The monoisotopic (exact) mass is 547 g/mol. The van der Waals surface area contributed by atoms with E-state index in [1.54, 1.807) is 29.1 Å². The summed E-state index contributed by atoms with van der Waals surface area (Å²) in [5.74, 6) is 1.03. The van der Waals surface area contributed by atoms with Crippen LogP contribution in [0.4, 0.5) is 0 Å². The minimum Gasteiger partial charge on any atom is -0.507 e. The van der Waals surface area contributed by atoms with Gasteiger partial charge < -0.3 is 14.4 Å². The van der Waals surface area contributed by atoms with E-state index in [4.69, 9.17) is 9.84 Å². The molecule has 9 heteroatoms. The van der Waals surface area contributed by atoms with Crippen molar-refractivity contribution in [2.45, 2.75) is 11.7 Å². The second-order valence-corrected chi connectivity index (χ2v) is 10.1. The molecule has 0 fully saturated rings. The number of rotatable bonds is 8. The van der Waals surface area contributed by atoms with Gasteiger partial charge in [0.2, 0.25) is 5.16 Å². The molecule has 0 aliphatic rings. The van der Waals surface area contributed by atoms with Crippen LogP contribution in [0.2, 0.25) is 0 Å². The summed E-state index contributed by atoms with van der Waals surface area (Å²) in [6, 6.07) is 29.0. The molecule has 4 aromatic carbocycles. The van der Waals surface area contributed by atoms with Crippen molar-refractivity contribution in [3.05, 3.63) is 108 Å². The molecule has 6 aromatic rings. The Bertz CT molecular complexity index is 1870. The number of carbonyl (C=O) groups is 1. The Kier molecular flexibility index (Phi) is 7.03. The van der Waals surface area contributed by atoms with Gasteiger partial charge in [0.15, 0.2) is 5.82 Å². The van der Waals surface area contributed by atoms with Crippen molar-refractivity contribution >= 4 is 45.6 Å². The molecule has 0 radical (unpaired) electrons. The molecule has 0 aliphatic heterocycles. The number of aryl methyl sites for hydroxylation is 1. The molecule has 0 unspecified atom stereocenters. The number of phenolic OH excluding ortho intramolecular Hbond substituents is 1. The fourth-order valence-electron chi connectivity index (χ4n) is 4.70. The third kappa shape index (κ3) is 4.83. The maximum atomic E-state index is 12.3. The van der Waals surface area contributed by atoms with E-state index in [-0.39, 0.29) is 11.7 Å². The predicted octanol–water partition coefficient (Wildman–Crippen LogP) is 6.22. The minimum absolute atomic E-state index is 0.140. The maximum absolute atomic E-state index is 12.3. The van der Waals surface area contributed by atoms with E-state index in [2.05, 4.69) is 28.4 Å². The molecule has 0 bridgehead atoms. The summed E-state index contributed by atoms with van der Waals surface area (Å²) in [5, 5.41) is 27.6. The number of thioether (sulfide) groups is 1. The average Bonchev–Trinajstić information content (AvgIpc) is 3.57. The molecule has 40 heavy (non-hydrogen) atoms. The minimum atomic E-state index is -0.361. The second-order valence-electron chi connectivity index (χ2n) is 9.04. The lowest BCUT2D eigenvalue weighted by Gasteiger charge is -2.08. The zero-order chi connectivity index (χ0) is 27.5. The summed E-state index contributed by atoms with van der Waals surface area (Å²) in [5.41, 5.74) is 2.99. The molecule has 1 N–H and O–H groups in total. The van der Waals surface area contributed by atoms with Gasteiger partial charge >= 0.3 is 5.97 Å². The van der Waals surface area contributed by atoms with Gasteiger partial charge in [0, 0.05) is 40.5 Å². The van der Waals surface area contributed by atoms with Gasteiger partial charge in [-0.2, -0.15) is 9.78 Å². The summed E-state index contributed by atoms with van der Waals surface area (Å²) in [4.78, 5) is 12.3. The molecule has 2 aromatic heterocycles. The standard InChI is InChI=1S/C31H25N5O3S/c1-39-30(38)26-20-35(27-15-6-5-13-24(26)27)17-18-40-31-34-33-29(25-14-8-11-21-9-2-4-12-23(21)25)36(31)32-19-22-10-3-7-16-28(22)37/h2-16,19-20,37H,17-18H2,1H3/b32-19+. The number of esters is 1. The fourth-order valence-corrected chi connectivity index (χ4v) is 5.53. The molecule has 198 valence electrons. The number of benzene rings is 4. The van der Waals surface area contributed by atoms with Crippen molar-refractivity contribution in [2.75, 3.05) is 12.9 Å². The Balaban J connectivity index is 1.34. The first-order chi connectivity index (χ1) is 19.6. The van der Waals surface area contributed by atoms with E-state index < -0.39 is 0 Å². The smallest absolute Gasteiger partial charge is 0.340 e. The molecule has 6 rings (SSSR count). The van der Waals surface area contributed by atoms with Crippen LogP contribution >= 0.6 is 11.8 Å². The molecule has 8 nitrogen and oxygen atoms in total. The van der Waals surface area contributed by atoms with Crippen LogP contribution in [-0.2, 0) is 11.3 Å². The van der Waals surface area contributed by atoms with Crippen molar-refractivity contribution in [3.8, 4) is 17.1 Å². The van der Waals surface area contributed by atoms with E-state index in [1.807, 2.05) is 65.4 Å². The average molecular weight is 548 g/mol. The summed E-state index contributed by atoms with van der Waals surface area (Å²) in [6.45, 7) is 0.627. The van der Waals surface area contributed by atoms with Gasteiger partial charge in [0.05, 0.1) is 18.9 Å². The number of ether oxygens (including phenoxy) is 1. The number of aromatic nitrogens is 4. The number of phenols is 1. The van der Waals surface area contributed by atoms with Crippen LogP contribution in [0.25, 0.3) is 33.1 Å². The molecule has 0 atom stereocenters. The van der Waals surface area contributed by atoms with Crippen molar-refractivity contribution in [1.82, 2.24) is 19.4 Å². The lowest BCUT2D eigenvalue weighted by molar-refractivity contribution is 0.0602. The first-order valence-electron chi connectivity index (χ1n) is 12.7. The maximum Gasteiger partial charge on any atom is 0.340 e. The molecule has 0 amide bonds. The highest BCUT2D eigenvalue weighted by atomic mass is 32.2. The number of para-hydroxylation sites is 2. The summed E-state index contributed by atoms with van der Waals surface area (Å²) < 4.78 is 8.74. The van der Waals surface area contributed by atoms with Crippen molar-refractivity contribution in [3.63, 3.8) is 0 Å². The Morgan fingerprint density at radius 1 is 0.950 bits per heavy atom. The zero-order valence-electron chi connectivity index (χ0n) is 21.6. The van der Waals surface area contributed by atoms with Crippen LogP contribution < -0.4 is 0 Å². The number of hydrogen-bond acceptors (Lipinski definition) is 7. The highest BCUT2D eigenvalue weighted by Gasteiger charge is 2.18. The number of hydrogen-bond donors (Lipinski definition) is 1. The summed E-state index contributed by atoms with van der Waals surface area (Å²) in [6.07, 6.45) is 3.44. The quantitative estimate of drug-likeness (QED) is 0.138. The van der Waals surface area contributed by atoms with Crippen molar-refractivity contribution in [2.24, 2.45) is 5.10 Å². The van der Waals surface area contributed by atoms with Gasteiger partial charge in [-0.25, -0.2) is 4.79 Å². The fraction of sp³-hybridized carbons (Fsp3) is 0.0968. The number of methoxy groups -OCH3 is 1. The molecular weight excluding hydrogens is 522 g/mol. The van der Waals surface area contributed by atoms with Gasteiger partial charge in [-0.05, 0) is 29.0 Å². The third-order valence-corrected chi connectivity index (χ3v) is 7.55. The molecule has 0 saturated heterocycles. The molecule has 0 saturated carbocycles. The van der Waals surface area contributed by atoms with E-state index in [0.29, 0.717) is 34.4 Å². The van der Waals surface area contributed by atoms with E-state index in [0.717, 1.165) is 27.2 Å². The summed E-state index contributed by atoms with van der Waals surface area (Å²) >= 11 is 1.51. The number of aromatic hydroxyl groups is 1. The van der Waals surface area contributed by atoms with Crippen LogP contribution in [-0.4, -0.2) is 49.6 Å². The topological polar surface area (TPSA) is 94.5 Å². The summed E-state index contributed by atoms with van der Waals surface area (Å²) in [7, 11) is 1.39. The Hall–Kier alpha value is -4.89. The van der Waals surface area contributed by atoms with E-state index in [1.165, 1.54) is 18.9 Å². The molecule has 0 spiro atoms. The highest BCUT2D eigenvalue weighted by Crippen LogP contribution is 2.31. The van der Waals surface area contributed by atoms with E-state index in [9.17, 15) is 9.90 Å². The number of fused-ring (bicyclic) bond motifs is 2. The van der Waals surface area contributed by atoms with Gasteiger partial charge in [-0.1, -0.05) is 84.6 Å². The number of nitrogens with zero attached hydrogens (tertiary/aromatic N) is 5. The zero-order valence-corrected chi connectivity index (χ0v) is 22.5. The predicted molar refractivity (Wildman–Crippen MR) is 158 cm³/mol. The molecule has 0 aliphatic carbocycles. The van der Waals surface area contributed by atoms with Crippen LogP contribution in [0.3, 0.4) is 0 Å². The van der Waals surface area contributed by atoms with Gasteiger partial charge in [-0.15, -0.1) is 10.2 Å². The normalized spacial score (nSPS) is 11.5. The first kappa shape index (κ1) is 25.4. The lowest BCUT2D eigenvalue weighted by Crippen LogP contribution is -2.02. The Morgan fingerprint density at radius 3 is 2.55 bits per heavy atom. The Morgan fingerprint density at radius 2 is 1.70 bits per heavy atom. The Labute approximate surface area is 234 Å². The van der Waals surface area contributed by atoms with Gasteiger partial charge in [0.1, 0.15) is 5.75 Å². The van der Waals surface area contributed by atoms with Crippen LogP contribution in [0.15, 0.2) is 107 Å². The van der Waals surface area contributed by atoms with E-state index >= 15 is 0 Å².